The average Bonchev–Trinajstić information content (AvgIpc) is 1.95. The van der Waals surface area contributed by atoms with E-state index in [1.54, 1.807) is 0 Å². The molecule has 0 atom stereocenters. The molecule has 1 saturated heterocycles. The van der Waals surface area contributed by atoms with Crippen molar-refractivity contribution in [3.8, 4) is 0 Å². The third kappa shape index (κ3) is 1.95. The van der Waals surface area contributed by atoms with Gasteiger partial charge < -0.3 is 10.6 Å². The third-order valence-electron chi connectivity index (χ3n) is 2.10. The second kappa shape index (κ2) is 3.30. The molecule has 2 N–H and O–H groups in total. The fraction of sp³-hybridized carbons (Fsp3) is 0.556. The Labute approximate surface area is 77.8 Å². The Bertz CT molecular complexity index is 286. The van der Waals surface area contributed by atoms with E-state index in [9.17, 15) is 0 Å². The summed E-state index contributed by atoms with van der Waals surface area (Å²) in [7, 11) is 0. The normalized spacial score (nSPS) is 16.8. The van der Waals surface area contributed by atoms with Gasteiger partial charge >= 0.3 is 0 Å². The van der Waals surface area contributed by atoms with E-state index in [4.69, 9.17) is 0 Å². The number of hydrogen-bond donors (Lipinski definition) is 2. The van der Waals surface area contributed by atoms with Crippen LogP contribution in [0.1, 0.15) is 11.4 Å². The average molecular weight is 178 g/mol. The Kier molecular flexibility index (Phi) is 2.14. The highest BCUT2D eigenvalue weighted by molar-refractivity contribution is 5.30. The molecule has 2 rings (SSSR count). The molecular formula is C9H14N4. The van der Waals surface area contributed by atoms with Crippen LogP contribution < -0.4 is 10.6 Å². The van der Waals surface area contributed by atoms with E-state index in [1.165, 1.54) is 0 Å². The lowest BCUT2D eigenvalue weighted by atomic mass is 10.2. The van der Waals surface area contributed by atoms with Gasteiger partial charge in [0.1, 0.15) is 0 Å². The number of anilines is 1. The lowest BCUT2D eigenvalue weighted by Gasteiger charge is -2.27. The molecule has 0 amide bonds. The molecule has 0 bridgehead atoms. The summed E-state index contributed by atoms with van der Waals surface area (Å²) in [5.74, 6) is 0.754. The monoisotopic (exact) mass is 178 g/mol. The molecule has 0 spiro atoms. The van der Waals surface area contributed by atoms with E-state index >= 15 is 0 Å². The standard InChI is InChI=1S/C9H14N4/c1-6-3-7(2)12-9(11-6)13-8-4-10-5-8/h3,8,10H,4-5H2,1-2H3,(H,11,12,13). The van der Waals surface area contributed by atoms with Crippen molar-refractivity contribution in [2.75, 3.05) is 18.4 Å². The van der Waals surface area contributed by atoms with E-state index in [0.717, 1.165) is 30.4 Å². The molecule has 1 aromatic heterocycles. The van der Waals surface area contributed by atoms with Gasteiger partial charge in [-0.25, -0.2) is 9.97 Å². The van der Waals surface area contributed by atoms with Crippen molar-refractivity contribution in [3.63, 3.8) is 0 Å². The summed E-state index contributed by atoms with van der Waals surface area (Å²) in [5.41, 5.74) is 2.03. The number of aryl methyl sites for hydroxylation is 2. The smallest absolute Gasteiger partial charge is 0.223 e. The molecule has 0 aliphatic carbocycles. The van der Waals surface area contributed by atoms with Gasteiger partial charge in [0, 0.05) is 24.5 Å². The molecule has 0 saturated carbocycles. The molecule has 1 aliphatic rings. The van der Waals surface area contributed by atoms with Gasteiger partial charge in [-0.05, 0) is 19.9 Å². The number of rotatable bonds is 2. The van der Waals surface area contributed by atoms with Gasteiger partial charge in [-0.15, -0.1) is 0 Å². The minimum absolute atomic E-state index is 0.501. The fourth-order valence-corrected chi connectivity index (χ4v) is 1.36. The van der Waals surface area contributed by atoms with Crippen LogP contribution in [0.25, 0.3) is 0 Å². The van der Waals surface area contributed by atoms with Crippen LogP contribution in [0.5, 0.6) is 0 Å². The molecule has 2 heterocycles. The minimum Gasteiger partial charge on any atom is -0.349 e. The second-order valence-corrected chi connectivity index (χ2v) is 3.47. The largest absolute Gasteiger partial charge is 0.349 e. The van der Waals surface area contributed by atoms with Crippen LogP contribution in [0.15, 0.2) is 6.07 Å². The first kappa shape index (κ1) is 8.44. The summed E-state index contributed by atoms with van der Waals surface area (Å²) < 4.78 is 0. The van der Waals surface area contributed by atoms with E-state index < -0.39 is 0 Å². The molecule has 13 heavy (non-hydrogen) atoms. The second-order valence-electron chi connectivity index (χ2n) is 3.47. The van der Waals surface area contributed by atoms with Gasteiger partial charge in [-0.3, -0.25) is 0 Å². The molecular weight excluding hydrogens is 164 g/mol. The van der Waals surface area contributed by atoms with Crippen molar-refractivity contribution < 1.29 is 0 Å². The Hall–Kier alpha value is -1.16. The number of hydrogen-bond acceptors (Lipinski definition) is 4. The molecule has 70 valence electrons. The van der Waals surface area contributed by atoms with E-state index in [1.807, 2.05) is 19.9 Å². The number of nitrogens with zero attached hydrogens (tertiary/aromatic N) is 2. The Balaban J connectivity index is 2.10. The van der Waals surface area contributed by atoms with Crippen LogP contribution in [0.2, 0.25) is 0 Å². The van der Waals surface area contributed by atoms with Crippen molar-refractivity contribution in [3.05, 3.63) is 17.5 Å². The van der Waals surface area contributed by atoms with Gasteiger partial charge in [0.05, 0.1) is 6.04 Å². The highest BCUT2D eigenvalue weighted by atomic mass is 15.2. The van der Waals surface area contributed by atoms with Gasteiger partial charge in [0.15, 0.2) is 0 Å². The Morgan fingerprint density at radius 1 is 1.31 bits per heavy atom. The van der Waals surface area contributed by atoms with Crippen LogP contribution >= 0.6 is 0 Å². The van der Waals surface area contributed by atoms with Crippen molar-refractivity contribution in [2.24, 2.45) is 0 Å². The number of aromatic nitrogens is 2. The summed E-state index contributed by atoms with van der Waals surface area (Å²) >= 11 is 0. The maximum absolute atomic E-state index is 4.31. The predicted octanol–water partition coefficient (Wildman–Crippen LogP) is 0.477. The van der Waals surface area contributed by atoms with E-state index in [-0.39, 0.29) is 0 Å². The van der Waals surface area contributed by atoms with Crippen LogP contribution in [0.3, 0.4) is 0 Å². The predicted molar refractivity (Wildman–Crippen MR) is 51.8 cm³/mol. The van der Waals surface area contributed by atoms with Crippen LogP contribution in [-0.2, 0) is 0 Å². The summed E-state index contributed by atoms with van der Waals surface area (Å²) in [6.07, 6.45) is 0. The topological polar surface area (TPSA) is 49.8 Å². The summed E-state index contributed by atoms with van der Waals surface area (Å²) in [6, 6.07) is 2.48. The molecule has 0 aromatic carbocycles. The third-order valence-corrected chi connectivity index (χ3v) is 2.10. The molecule has 0 unspecified atom stereocenters. The van der Waals surface area contributed by atoms with Crippen LogP contribution in [-0.4, -0.2) is 29.1 Å². The molecule has 4 nitrogen and oxygen atoms in total. The van der Waals surface area contributed by atoms with Gasteiger partial charge in [0.2, 0.25) is 5.95 Å². The molecule has 1 fully saturated rings. The fourth-order valence-electron chi connectivity index (χ4n) is 1.36. The summed E-state index contributed by atoms with van der Waals surface area (Å²) in [6.45, 7) is 5.99. The van der Waals surface area contributed by atoms with Crippen molar-refractivity contribution in [1.29, 1.82) is 0 Å². The lowest BCUT2D eigenvalue weighted by Crippen LogP contribution is -2.51. The molecule has 1 aliphatic heterocycles. The van der Waals surface area contributed by atoms with Crippen molar-refractivity contribution >= 4 is 5.95 Å². The summed E-state index contributed by atoms with van der Waals surface area (Å²) in [4.78, 5) is 8.61. The lowest BCUT2D eigenvalue weighted by molar-refractivity contribution is 0.469. The van der Waals surface area contributed by atoms with E-state index in [2.05, 4.69) is 20.6 Å². The molecule has 1 aromatic rings. The van der Waals surface area contributed by atoms with Crippen molar-refractivity contribution in [1.82, 2.24) is 15.3 Å². The first-order valence-electron chi connectivity index (χ1n) is 4.53. The highest BCUT2D eigenvalue weighted by Crippen LogP contribution is 2.06. The number of nitrogens with one attached hydrogen (secondary N) is 2. The maximum atomic E-state index is 4.31. The Morgan fingerprint density at radius 3 is 2.38 bits per heavy atom. The molecule has 0 radical (unpaired) electrons. The SMILES string of the molecule is Cc1cc(C)nc(NC2CNC2)n1. The first-order valence-corrected chi connectivity index (χ1v) is 4.53. The Morgan fingerprint density at radius 2 is 1.92 bits per heavy atom. The van der Waals surface area contributed by atoms with Crippen LogP contribution in [0.4, 0.5) is 5.95 Å². The zero-order chi connectivity index (χ0) is 9.26. The van der Waals surface area contributed by atoms with Gasteiger partial charge in [0.25, 0.3) is 0 Å². The minimum atomic E-state index is 0.501. The maximum Gasteiger partial charge on any atom is 0.223 e. The zero-order valence-electron chi connectivity index (χ0n) is 7.96. The highest BCUT2D eigenvalue weighted by Gasteiger charge is 2.16. The van der Waals surface area contributed by atoms with Crippen LogP contribution in [0, 0.1) is 13.8 Å². The zero-order valence-corrected chi connectivity index (χ0v) is 7.96. The van der Waals surface area contributed by atoms with Gasteiger partial charge in [-0.2, -0.15) is 0 Å². The quantitative estimate of drug-likeness (QED) is 0.691. The summed E-state index contributed by atoms with van der Waals surface area (Å²) in [5, 5.41) is 6.47. The first-order chi connectivity index (χ1) is 6.24. The molecule has 4 heteroatoms. The van der Waals surface area contributed by atoms with E-state index in [0.29, 0.717) is 6.04 Å². The van der Waals surface area contributed by atoms with Gasteiger partial charge in [-0.1, -0.05) is 0 Å². The van der Waals surface area contributed by atoms with Crippen molar-refractivity contribution in [2.45, 2.75) is 19.9 Å².